The van der Waals surface area contributed by atoms with Gasteiger partial charge in [-0.15, -0.1) is 0 Å². The molecule has 0 aliphatic carbocycles. The van der Waals surface area contributed by atoms with Crippen LogP contribution in [0.4, 0.5) is 5.69 Å². The molecular formula is C13H14ClN3O2. The van der Waals surface area contributed by atoms with Crippen molar-refractivity contribution < 1.29 is 4.92 Å². The first-order valence-electron chi connectivity index (χ1n) is 6.13. The third-order valence-electron chi connectivity index (χ3n) is 2.93. The second-order valence-corrected chi connectivity index (χ2v) is 4.71. The molecule has 1 aliphatic rings. The minimum absolute atomic E-state index is 0.0261. The van der Waals surface area contributed by atoms with E-state index in [0.717, 1.165) is 31.5 Å². The molecule has 19 heavy (non-hydrogen) atoms. The summed E-state index contributed by atoms with van der Waals surface area (Å²) in [5.74, 6) is 0. The van der Waals surface area contributed by atoms with Crippen LogP contribution in [0.2, 0.25) is 5.02 Å². The average molecular weight is 280 g/mol. The minimum atomic E-state index is -0.453. The van der Waals surface area contributed by atoms with Gasteiger partial charge in [-0.3, -0.25) is 20.1 Å². The first-order chi connectivity index (χ1) is 9.18. The summed E-state index contributed by atoms with van der Waals surface area (Å²) in [5, 5.41) is 11.2. The Morgan fingerprint density at radius 2 is 2.32 bits per heavy atom. The van der Waals surface area contributed by atoms with E-state index >= 15 is 0 Å². The molecule has 1 aromatic rings. The van der Waals surface area contributed by atoms with Crippen LogP contribution in [-0.4, -0.2) is 29.9 Å². The Labute approximate surface area is 116 Å². The van der Waals surface area contributed by atoms with Crippen molar-refractivity contribution in [3.8, 4) is 0 Å². The highest BCUT2D eigenvalue weighted by molar-refractivity contribution is 6.33. The Kier molecular flexibility index (Phi) is 4.63. The van der Waals surface area contributed by atoms with Crippen LogP contribution in [0, 0.1) is 10.1 Å². The fourth-order valence-corrected chi connectivity index (χ4v) is 2.16. The van der Waals surface area contributed by atoms with Crippen LogP contribution < -0.4 is 0 Å². The molecule has 0 N–H and O–H groups in total. The second-order valence-electron chi connectivity index (χ2n) is 4.30. The molecule has 0 spiro atoms. The van der Waals surface area contributed by atoms with Gasteiger partial charge in [0.25, 0.3) is 5.69 Å². The number of hydrogen-bond donors (Lipinski definition) is 0. The van der Waals surface area contributed by atoms with Gasteiger partial charge in [0.1, 0.15) is 0 Å². The van der Waals surface area contributed by atoms with Crippen molar-refractivity contribution in [2.24, 2.45) is 9.98 Å². The minimum Gasteiger partial charge on any atom is -0.292 e. The van der Waals surface area contributed by atoms with E-state index in [-0.39, 0.29) is 5.69 Å². The van der Waals surface area contributed by atoms with Gasteiger partial charge in [0, 0.05) is 24.5 Å². The lowest BCUT2D eigenvalue weighted by Gasteiger charge is -2.08. The third-order valence-corrected chi connectivity index (χ3v) is 3.26. The topological polar surface area (TPSA) is 67.9 Å². The Morgan fingerprint density at radius 3 is 3.00 bits per heavy atom. The van der Waals surface area contributed by atoms with Crippen LogP contribution in [0.1, 0.15) is 24.8 Å². The predicted octanol–water partition coefficient (Wildman–Crippen LogP) is 3.29. The lowest BCUT2D eigenvalue weighted by Crippen LogP contribution is -2.09. The Morgan fingerprint density at radius 1 is 1.47 bits per heavy atom. The van der Waals surface area contributed by atoms with E-state index in [9.17, 15) is 10.1 Å². The molecule has 0 amide bonds. The first-order valence-corrected chi connectivity index (χ1v) is 6.51. The van der Waals surface area contributed by atoms with Gasteiger partial charge < -0.3 is 0 Å². The van der Waals surface area contributed by atoms with Gasteiger partial charge in [-0.05, 0) is 25.3 Å². The van der Waals surface area contributed by atoms with Crippen molar-refractivity contribution in [2.75, 3.05) is 13.1 Å². The standard InChI is InChI=1S/C13H14ClN3O2/c14-12-5-3-6-13(17(18)19)11(12)9-15-8-10-4-1-2-7-16-10/h3,5-6,9H,1-2,4,7-8H2. The average Bonchev–Trinajstić information content (AvgIpc) is 2.41. The van der Waals surface area contributed by atoms with Gasteiger partial charge in [-0.25, -0.2) is 0 Å². The maximum absolute atomic E-state index is 10.9. The van der Waals surface area contributed by atoms with Crippen LogP contribution in [0.3, 0.4) is 0 Å². The normalized spacial score (nSPS) is 15.5. The molecule has 5 nitrogen and oxygen atoms in total. The van der Waals surface area contributed by atoms with Gasteiger partial charge in [-0.1, -0.05) is 17.7 Å². The van der Waals surface area contributed by atoms with E-state index in [2.05, 4.69) is 9.98 Å². The van der Waals surface area contributed by atoms with Crippen molar-refractivity contribution in [2.45, 2.75) is 19.3 Å². The lowest BCUT2D eigenvalue weighted by molar-refractivity contribution is -0.385. The van der Waals surface area contributed by atoms with Crippen molar-refractivity contribution in [3.05, 3.63) is 38.9 Å². The van der Waals surface area contributed by atoms with Crippen molar-refractivity contribution in [1.29, 1.82) is 0 Å². The Hall–Kier alpha value is -1.75. The Balaban J connectivity index is 2.14. The van der Waals surface area contributed by atoms with Crippen molar-refractivity contribution >= 4 is 29.2 Å². The number of nitrogens with zero attached hydrogens (tertiary/aromatic N) is 3. The largest absolute Gasteiger partial charge is 0.292 e. The van der Waals surface area contributed by atoms with Crippen LogP contribution >= 0.6 is 11.6 Å². The molecule has 0 radical (unpaired) electrons. The highest BCUT2D eigenvalue weighted by atomic mass is 35.5. The first kappa shape index (κ1) is 13.7. The zero-order chi connectivity index (χ0) is 13.7. The van der Waals surface area contributed by atoms with E-state index in [0.29, 0.717) is 17.1 Å². The number of aliphatic imine (C=N–C) groups is 2. The summed E-state index contributed by atoms with van der Waals surface area (Å²) >= 11 is 5.97. The monoisotopic (exact) mass is 279 g/mol. The van der Waals surface area contributed by atoms with Gasteiger partial charge in [0.15, 0.2) is 0 Å². The SMILES string of the molecule is O=[N+]([O-])c1cccc(Cl)c1C=NCC1=NCCCC1. The van der Waals surface area contributed by atoms with Crippen molar-refractivity contribution in [3.63, 3.8) is 0 Å². The Bertz CT molecular complexity index is 541. The highest BCUT2D eigenvalue weighted by Gasteiger charge is 2.14. The molecule has 6 heteroatoms. The molecule has 0 saturated carbocycles. The molecule has 0 fully saturated rings. The van der Waals surface area contributed by atoms with Crippen LogP contribution in [0.5, 0.6) is 0 Å². The zero-order valence-corrected chi connectivity index (χ0v) is 11.1. The molecule has 0 saturated heterocycles. The summed E-state index contributed by atoms with van der Waals surface area (Å²) in [6.07, 6.45) is 4.70. The molecule has 0 atom stereocenters. The van der Waals surface area contributed by atoms with Gasteiger partial charge in [-0.2, -0.15) is 0 Å². The van der Waals surface area contributed by atoms with Crippen LogP contribution in [-0.2, 0) is 0 Å². The number of nitro groups is 1. The molecule has 1 aliphatic heterocycles. The fraction of sp³-hybridized carbons (Fsp3) is 0.385. The molecule has 0 bridgehead atoms. The summed E-state index contributed by atoms with van der Waals surface area (Å²) < 4.78 is 0. The molecule has 0 unspecified atom stereocenters. The van der Waals surface area contributed by atoms with E-state index in [1.807, 2.05) is 0 Å². The van der Waals surface area contributed by atoms with E-state index in [1.54, 1.807) is 12.1 Å². The van der Waals surface area contributed by atoms with Gasteiger partial charge in [0.05, 0.1) is 22.1 Å². The molecular weight excluding hydrogens is 266 g/mol. The summed E-state index contributed by atoms with van der Waals surface area (Å²) in [6.45, 7) is 1.35. The second kappa shape index (κ2) is 6.43. The third kappa shape index (κ3) is 3.61. The molecule has 100 valence electrons. The number of hydrogen-bond acceptors (Lipinski definition) is 4. The number of rotatable bonds is 4. The smallest absolute Gasteiger partial charge is 0.279 e. The van der Waals surface area contributed by atoms with Crippen LogP contribution in [0.15, 0.2) is 28.2 Å². The molecule has 1 heterocycles. The van der Waals surface area contributed by atoms with Gasteiger partial charge >= 0.3 is 0 Å². The molecule has 1 aromatic carbocycles. The van der Waals surface area contributed by atoms with Crippen molar-refractivity contribution in [1.82, 2.24) is 0 Å². The summed E-state index contributed by atoms with van der Waals surface area (Å²) in [7, 11) is 0. The maximum Gasteiger partial charge on any atom is 0.279 e. The quantitative estimate of drug-likeness (QED) is 0.482. The summed E-state index contributed by atoms with van der Waals surface area (Å²) in [4.78, 5) is 19.0. The van der Waals surface area contributed by atoms with Gasteiger partial charge in [0.2, 0.25) is 0 Å². The van der Waals surface area contributed by atoms with E-state index < -0.39 is 4.92 Å². The fourth-order valence-electron chi connectivity index (χ4n) is 1.94. The number of nitro benzene ring substituents is 1. The zero-order valence-electron chi connectivity index (χ0n) is 10.4. The van der Waals surface area contributed by atoms with Crippen LogP contribution in [0.25, 0.3) is 0 Å². The lowest BCUT2D eigenvalue weighted by atomic mass is 10.1. The summed E-state index contributed by atoms with van der Waals surface area (Å²) in [5.41, 5.74) is 1.38. The molecule has 0 aromatic heterocycles. The number of benzene rings is 1. The van der Waals surface area contributed by atoms with E-state index in [4.69, 9.17) is 11.6 Å². The summed E-state index contributed by atoms with van der Waals surface area (Å²) in [6, 6.07) is 4.60. The highest BCUT2D eigenvalue weighted by Crippen LogP contribution is 2.24. The number of halogens is 1. The predicted molar refractivity (Wildman–Crippen MR) is 76.7 cm³/mol. The molecule has 2 rings (SSSR count). The maximum atomic E-state index is 10.9. The van der Waals surface area contributed by atoms with E-state index in [1.165, 1.54) is 12.3 Å².